The van der Waals surface area contributed by atoms with E-state index in [1.54, 1.807) is 0 Å². The van der Waals surface area contributed by atoms with E-state index >= 15 is 0 Å². The third-order valence-electron chi connectivity index (χ3n) is 3.35. The van der Waals surface area contributed by atoms with Gasteiger partial charge in [-0.1, -0.05) is 41.4 Å². The number of hydrogen-bond donors (Lipinski definition) is 1. The summed E-state index contributed by atoms with van der Waals surface area (Å²) in [6, 6.07) is 14.3. The van der Waals surface area contributed by atoms with E-state index in [0.717, 1.165) is 16.3 Å². The molecule has 106 valence electrons. The van der Waals surface area contributed by atoms with Crippen molar-refractivity contribution in [2.24, 2.45) is 0 Å². The van der Waals surface area contributed by atoms with Gasteiger partial charge in [-0.2, -0.15) is 0 Å². The molecule has 0 amide bonds. The summed E-state index contributed by atoms with van der Waals surface area (Å²) >= 11 is 5.99. The molecule has 0 spiro atoms. The fourth-order valence-corrected chi connectivity index (χ4v) is 2.29. The van der Waals surface area contributed by atoms with Crippen LogP contribution in [0.3, 0.4) is 0 Å². The molecule has 0 aliphatic carbocycles. The second-order valence-electron chi connectivity index (χ2n) is 4.97. The van der Waals surface area contributed by atoms with Crippen LogP contribution >= 0.6 is 11.6 Å². The van der Waals surface area contributed by atoms with Gasteiger partial charge in [0.2, 0.25) is 0 Å². The molecule has 0 heterocycles. The summed E-state index contributed by atoms with van der Waals surface area (Å²) in [5.74, 6) is 0.914. The summed E-state index contributed by atoms with van der Waals surface area (Å²) in [6.07, 6.45) is 0. The van der Waals surface area contributed by atoms with Crippen molar-refractivity contribution in [3.05, 3.63) is 64.2 Å². The Hall–Kier alpha value is -1.51. The van der Waals surface area contributed by atoms with Crippen LogP contribution in [0.4, 0.5) is 0 Å². The van der Waals surface area contributed by atoms with Crippen LogP contribution in [0.1, 0.15) is 29.7 Å². The normalized spacial score (nSPS) is 12.2. The number of halogens is 1. The molecule has 0 aliphatic heterocycles. The van der Waals surface area contributed by atoms with Crippen molar-refractivity contribution in [1.29, 1.82) is 0 Å². The average Bonchev–Trinajstić information content (AvgIpc) is 2.45. The van der Waals surface area contributed by atoms with E-state index in [4.69, 9.17) is 16.3 Å². The lowest BCUT2D eigenvalue weighted by molar-refractivity contribution is 0.300. The molecule has 1 unspecified atom stereocenters. The molecule has 3 heteroatoms. The maximum atomic E-state index is 5.99. The Balaban J connectivity index is 2.16. The van der Waals surface area contributed by atoms with Crippen LogP contribution in [0.15, 0.2) is 42.5 Å². The highest BCUT2D eigenvalue weighted by atomic mass is 35.5. The monoisotopic (exact) mass is 289 g/mol. The molecular weight excluding hydrogens is 270 g/mol. The number of ether oxygens (including phenoxy) is 1. The second kappa shape index (κ2) is 6.78. The zero-order valence-corrected chi connectivity index (χ0v) is 12.9. The number of aryl methyl sites for hydroxylation is 1. The standard InChI is InChI=1S/C17H20ClNO/c1-12-7-8-17(16(9-12)13(2)19-3)20-11-14-5-4-6-15(18)10-14/h4-10,13,19H,11H2,1-3H3. The third-order valence-corrected chi connectivity index (χ3v) is 3.58. The molecule has 0 aromatic heterocycles. The van der Waals surface area contributed by atoms with Gasteiger partial charge < -0.3 is 10.1 Å². The summed E-state index contributed by atoms with van der Waals surface area (Å²) < 4.78 is 5.96. The number of hydrogen-bond acceptors (Lipinski definition) is 2. The van der Waals surface area contributed by atoms with Crippen molar-refractivity contribution in [3.63, 3.8) is 0 Å². The molecule has 0 fully saturated rings. The van der Waals surface area contributed by atoms with Gasteiger partial charge in [0, 0.05) is 16.6 Å². The first-order valence-corrected chi connectivity index (χ1v) is 7.13. The Bertz CT molecular complexity index is 583. The van der Waals surface area contributed by atoms with E-state index in [0.29, 0.717) is 6.61 Å². The lowest BCUT2D eigenvalue weighted by Gasteiger charge is -2.17. The first-order chi connectivity index (χ1) is 9.60. The molecule has 2 nitrogen and oxygen atoms in total. The maximum Gasteiger partial charge on any atom is 0.124 e. The van der Waals surface area contributed by atoms with Gasteiger partial charge in [0.25, 0.3) is 0 Å². The zero-order chi connectivity index (χ0) is 14.5. The van der Waals surface area contributed by atoms with Crippen molar-refractivity contribution < 1.29 is 4.74 Å². The highest BCUT2D eigenvalue weighted by Crippen LogP contribution is 2.27. The van der Waals surface area contributed by atoms with E-state index in [2.05, 4.69) is 31.3 Å². The van der Waals surface area contributed by atoms with Crippen molar-refractivity contribution in [2.45, 2.75) is 26.5 Å². The molecular formula is C17H20ClNO. The Labute approximate surface area is 125 Å². The van der Waals surface area contributed by atoms with Crippen LogP contribution in [0.25, 0.3) is 0 Å². The Morgan fingerprint density at radius 1 is 1.20 bits per heavy atom. The number of nitrogens with one attached hydrogen (secondary N) is 1. The summed E-state index contributed by atoms with van der Waals surface area (Å²) in [5.41, 5.74) is 3.48. The second-order valence-corrected chi connectivity index (χ2v) is 5.41. The Morgan fingerprint density at radius 2 is 2.00 bits per heavy atom. The number of rotatable bonds is 5. The van der Waals surface area contributed by atoms with Crippen molar-refractivity contribution >= 4 is 11.6 Å². The first kappa shape index (κ1) is 14.9. The Kier molecular flexibility index (Phi) is 5.05. The van der Waals surface area contributed by atoms with Crippen molar-refractivity contribution in [2.75, 3.05) is 7.05 Å². The van der Waals surface area contributed by atoms with E-state index in [-0.39, 0.29) is 6.04 Å². The molecule has 0 saturated carbocycles. The summed E-state index contributed by atoms with van der Waals surface area (Å²) in [6.45, 7) is 4.74. The van der Waals surface area contributed by atoms with Gasteiger partial charge in [0.1, 0.15) is 12.4 Å². The van der Waals surface area contributed by atoms with Gasteiger partial charge in [-0.25, -0.2) is 0 Å². The van der Waals surface area contributed by atoms with E-state index in [1.165, 1.54) is 11.1 Å². The lowest BCUT2D eigenvalue weighted by Crippen LogP contribution is -2.14. The van der Waals surface area contributed by atoms with Crippen LogP contribution < -0.4 is 10.1 Å². The Morgan fingerprint density at radius 3 is 2.70 bits per heavy atom. The van der Waals surface area contributed by atoms with Crippen molar-refractivity contribution in [3.8, 4) is 5.75 Å². The van der Waals surface area contributed by atoms with E-state index < -0.39 is 0 Å². The van der Waals surface area contributed by atoms with Gasteiger partial charge in [0.05, 0.1) is 0 Å². The third kappa shape index (κ3) is 3.75. The van der Waals surface area contributed by atoms with Crippen LogP contribution in [0.2, 0.25) is 5.02 Å². The first-order valence-electron chi connectivity index (χ1n) is 6.75. The quantitative estimate of drug-likeness (QED) is 0.874. The molecule has 20 heavy (non-hydrogen) atoms. The zero-order valence-electron chi connectivity index (χ0n) is 12.1. The van der Waals surface area contributed by atoms with Gasteiger partial charge in [-0.05, 0) is 44.7 Å². The summed E-state index contributed by atoms with van der Waals surface area (Å²) in [5, 5.41) is 3.99. The van der Waals surface area contributed by atoms with Crippen molar-refractivity contribution in [1.82, 2.24) is 5.32 Å². The van der Waals surface area contributed by atoms with Gasteiger partial charge in [-0.3, -0.25) is 0 Å². The van der Waals surface area contributed by atoms with Crippen LogP contribution in [0.5, 0.6) is 5.75 Å². The van der Waals surface area contributed by atoms with Gasteiger partial charge in [-0.15, -0.1) is 0 Å². The summed E-state index contributed by atoms with van der Waals surface area (Å²) in [7, 11) is 1.95. The summed E-state index contributed by atoms with van der Waals surface area (Å²) in [4.78, 5) is 0. The fourth-order valence-electron chi connectivity index (χ4n) is 2.08. The predicted molar refractivity (Wildman–Crippen MR) is 84.4 cm³/mol. The van der Waals surface area contributed by atoms with E-state index in [9.17, 15) is 0 Å². The molecule has 0 bridgehead atoms. The molecule has 0 radical (unpaired) electrons. The molecule has 0 saturated heterocycles. The lowest BCUT2D eigenvalue weighted by atomic mass is 10.0. The molecule has 1 atom stereocenters. The van der Waals surface area contributed by atoms with Gasteiger partial charge in [0.15, 0.2) is 0 Å². The predicted octanol–water partition coefficient (Wildman–Crippen LogP) is 4.51. The fraction of sp³-hybridized carbons (Fsp3) is 0.294. The average molecular weight is 290 g/mol. The molecule has 0 aliphatic rings. The minimum absolute atomic E-state index is 0.254. The highest BCUT2D eigenvalue weighted by Gasteiger charge is 2.10. The smallest absolute Gasteiger partial charge is 0.124 e. The minimum Gasteiger partial charge on any atom is -0.489 e. The number of benzene rings is 2. The van der Waals surface area contributed by atoms with Crippen LogP contribution in [-0.2, 0) is 6.61 Å². The van der Waals surface area contributed by atoms with Crippen LogP contribution in [0, 0.1) is 6.92 Å². The SMILES string of the molecule is CNC(C)c1cc(C)ccc1OCc1cccc(Cl)c1. The minimum atomic E-state index is 0.254. The largest absolute Gasteiger partial charge is 0.489 e. The molecule has 2 aromatic carbocycles. The highest BCUT2D eigenvalue weighted by molar-refractivity contribution is 6.30. The maximum absolute atomic E-state index is 5.99. The molecule has 1 N–H and O–H groups in total. The molecule has 2 rings (SSSR count). The molecule has 2 aromatic rings. The van der Waals surface area contributed by atoms with Gasteiger partial charge >= 0.3 is 0 Å². The van der Waals surface area contributed by atoms with E-state index in [1.807, 2.05) is 37.4 Å². The van der Waals surface area contributed by atoms with Crippen LogP contribution in [-0.4, -0.2) is 7.05 Å². The topological polar surface area (TPSA) is 21.3 Å².